The van der Waals surface area contributed by atoms with Gasteiger partial charge >= 0.3 is 0 Å². The Morgan fingerprint density at radius 1 is 1.31 bits per heavy atom. The number of hydrogen-bond donors (Lipinski definition) is 0. The minimum absolute atomic E-state index is 0.534. The molecular weight excluding hydrogens is 166 g/mol. The van der Waals surface area contributed by atoms with Crippen LogP contribution in [0.25, 0.3) is 0 Å². The summed E-state index contributed by atoms with van der Waals surface area (Å²) >= 11 is 0. The Balaban J connectivity index is 2.47. The molecule has 1 rings (SSSR count). The first-order chi connectivity index (χ1) is 6.33. The molecule has 0 unspecified atom stereocenters. The Labute approximate surface area is 78.0 Å². The van der Waals surface area contributed by atoms with E-state index in [1.54, 1.807) is 6.92 Å². The van der Waals surface area contributed by atoms with Crippen molar-refractivity contribution in [2.24, 2.45) is 5.16 Å². The summed E-state index contributed by atoms with van der Waals surface area (Å²) in [6.07, 6.45) is 0. The monoisotopic (exact) mass is 179 g/mol. The highest BCUT2D eigenvalue weighted by Crippen LogP contribution is 2.08. The van der Waals surface area contributed by atoms with Gasteiger partial charge in [-0.05, 0) is 24.2 Å². The zero-order valence-corrected chi connectivity index (χ0v) is 7.86. The fourth-order valence-electron chi connectivity index (χ4n) is 0.834. The summed E-state index contributed by atoms with van der Waals surface area (Å²) in [5.74, 6) is 1.24. The summed E-state index contributed by atoms with van der Waals surface area (Å²) < 4.78 is 5.09. The van der Waals surface area contributed by atoms with Gasteiger partial charge in [0, 0.05) is 6.92 Å². The maximum atomic E-state index is 5.09. The lowest BCUT2D eigenvalue weighted by molar-refractivity contribution is 0.276. The Morgan fingerprint density at radius 2 is 2.00 bits per heavy atom. The average molecular weight is 179 g/mol. The summed E-state index contributed by atoms with van der Waals surface area (Å²) in [7, 11) is 0. The SMILES string of the molecule is CCO/C(C)=N/Oc1ccccc1. The molecule has 0 spiro atoms. The molecule has 0 saturated heterocycles. The Hall–Kier alpha value is -1.51. The fraction of sp³-hybridized carbons (Fsp3) is 0.300. The Bertz CT molecular complexity index is 270. The molecule has 3 heteroatoms. The standard InChI is InChI=1S/C10H13NO2/c1-3-12-9(2)11-13-10-7-5-4-6-8-10/h4-8H,3H2,1-2H3/b11-9+. The van der Waals surface area contributed by atoms with E-state index < -0.39 is 0 Å². The van der Waals surface area contributed by atoms with E-state index in [2.05, 4.69) is 5.16 Å². The third-order valence-electron chi connectivity index (χ3n) is 1.38. The van der Waals surface area contributed by atoms with E-state index in [4.69, 9.17) is 9.57 Å². The van der Waals surface area contributed by atoms with Gasteiger partial charge in [-0.2, -0.15) is 0 Å². The average Bonchev–Trinajstić information content (AvgIpc) is 2.17. The van der Waals surface area contributed by atoms with Crippen molar-refractivity contribution in [3.05, 3.63) is 30.3 Å². The second kappa shape index (κ2) is 5.19. The van der Waals surface area contributed by atoms with Crippen molar-refractivity contribution in [2.45, 2.75) is 13.8 Å². The lowest BCUT2D eigenvalue weighted by atomic mass is 10.3. The fourth-order valence-corrected chi connectivity index (χ4v) is 0.834. The van der Waals surface area contributed by atoms with Crippen LogP contribution in [-0.2, 0) is 4.74 Å². The van der Waals surface area contributed by atoms with Gasteiger partial charge in [0.1, 0.15) is 0 Å². The minimum atomic E-state index is 0.534. The van der Waals surface area contributed by atoms with Crippen LogP contribution in [0.3, 0.4) is 0 Å². The van der Waals surface area contributed by atoms with Crippen LogP contribution in [-0.4, -0.2) is 12.5 Å². The summed E-state index contributed by atoms with van der Waals surface area (Å²) in [4.78, 5) is 5.08. The van der Waals surface area contributed by atoms with E-state index >= 15 is 0 Å². The Kier molecular flexibility index (Phi) is 3.82. The quantitative estimate of drug-likeness (QED) is 0.405. The normalized spacial score (nSPS) is 11.1. The molecule has 0 fully saturated rings. The summed E-state index contributed by atoms with van der Waals surface area (Å²) in [5.41, 5.74) is 0. The van der Waals surface area contributed by atoms with Crippen LogP contribution in [0.15, 0.2) is 35.5 Å². The third kappa shape index (κ3) is 3.60. The zero-order valence-electron chi connectivity index (χ0n) is 7.86. The predicted molar refractivity (Wildman–Crippen MR) is 51.8 cm³/mol. The number of ether oxygens (including phenoxy) is 1. The Morgan fingerprint density at radius 3 is 2.62 bits per heavy atom. The molecular formula is C10H13NO2. The minimum Gasteiger partial charge on any atom is -0.479 e. The van der Waals surface area contributed by atoms with Gasteiger partial charge in [-0.25, -0.2) is 0 Å². The molecule has 3 nitrogen and oxygen atoms in total. The number of nitrogens with zero attached hydrogens (tertiary/aromatic N) is 1. The van der Waals surface area contributed by atoms with Crippen molar-refractivity contribution in [3.8, 4) is 5.75 Å². The highest BCUT2D eigenvalue weighted by atomic mass is 16.6. The molecule has 0 aliphatic rings. The molecule has 0 radical (unpaired) electrons. The van der Waals surface area contributed by atoms with E-state index in [1.807, 2.05) is 37.3 Å². The van der Waals surface area contributed by atoms with Crippen LogP contribution in [0.4, 0.5) is 0 Å². The first kappa shape index (κ1) is 9.58. The topological polar surface area (TPSA) is 30.8 Å². The van der Waals surface area contributed by atoms with Crippen LogP contribution in [0.5, 0.6) is 5.75 Å². The second-order valence-corrected chi connectivity index (χ2v) is 2.45. The molecule has 13 heavy (non-hydrogen) atoms. The van der Waals surface area contributed by atoms with Crippen LogP contribution < -0.4 is 4.84 Å². The van der Waals surface area contributed by atoms with Crippen LogP contribution >= 0.6 is 0 Å². The molecule has 1 aromatic carbocycles. The smallest absolute Gasteiger partial charge is 0.223 e. The molecule has 0 saturated carbocycles. The maximum absolute atomic E-state index is 5.09. The molecule has 0 atom stereocenters. The van der Waals surface area contributed by atoms with Crippen molar-refractivity contribution in [3.63, 3.8) is 0 Å². The van der Waals surface area contributed by atoms with Crippen molar-refractivity contribution >= 4 is 5.90 Å². The van der Waals surface area contributed by atoms with Crippen molar-refractivity contribution < 1.29 is 9.57 Å². The highest BCUT2D eigenvalue weighted by molar-refractivity contribution is 5.72. The van der Waals surface area contributed by atoms with Crippen molar-refractivity contribution in [2.75, 3.05) is 6.61 Å². The predicted octanol–water partition coefficient (Wildman–Crippen LogP) is 2.44. The number of rotatable bonds is 3. The van der Waals surface area contributed by atoms with E-state index in [-0.39, 0.29) is 0 Å². The lowest BCUT2D eigenvalue weighted by Gasteiger charge is -2.01. The number of hydrogen-bond acceptors (Lipinski definition) is 3. The third-order valence-corrected chi connectivity index (χ3v) is 1.38. The van der Waals surface area contributed by atoms with Gasteiger partial charge in [0.05, 0.1) is 6.61 Å². The second-order valence-electron chi connectivity index (χ2n) is 2.45. The summed E-state index contributed by atoms with van der Waals surface area (Å²) in [6, 6.07) is 9.37. The number of para-hydroxylation sites is 1. The molecule has 0 amide bonds. The van der Waals surface area contributed by atoms with E-state index in [0.717, 1.165) is 0 Å². The highest BCUT2D eigenvalue weighted by Gasteiger charge is 1.91. The van der Waals surface area contributed by atoms with Crippen molar-refractivity contribution in [1.82, 2.24) is 0 Å². The molecule has 0 aromatic heterocycles. The van der Waals surface area contributed by atoms with Gasteiger partial charge in [0.15, 0.2) is 5.75 Å². The van der Waals surface area contributed by atoms with Gasteiger partial charge in [-0.3, -0.25) is 0 Å². The molecule has 70 valence electrons. The first-order valence-electron chi connectivity index (χ1n) is 4.22. The molecule has 0 aliphatic heterocycles. The van der Waals surface area contributed by atoms with Gasteiger partial charge in [-0.1, -0.05) is 18.2 Å². The molecule has 0 heterocycles. The van der Waals surface area contributed by atoms with Crippen molar-refractivity contribution in [1.29, 1.82) is 0 Å². The van der Waals surface area contributed by atoms with Gasteiger partial charge in [-0.15, -0.1) is 0 Å². The molecule has 0 aliphatic carbocycles. The maximum Gasteiger partial charge on any atom is 0.223 e. The number of oxime groups is 1. The van der Waals surface area contributed by atoms with Gasteiger partial charge in [0.2, 0.25) is 5.90 Å². The summed E-state index contributed by atoms with van der Waals surface area (Å²) in [6.45, 7) is 4.27. The lowest BCUT2D eigenvalue weighted by Crippen LogP contribution is -2.00. The summed E-state index contributed by atoms with van der Waals surface area (Å²) in [5, 5.41) is 3.78. The molecule has 1 aromatic rings. The van der Waals surface area contributed by atoms with E-state index in [1.165, 1.54) is 0 Å². The molecule has 0 N–H and O–H groups in total. The van der Waals surface area contributed by atoms with Crippen LogP contribution in [0.1, 0.15) is 13.8 Å². The van der Waals surface area contributed by atoms with Crippen LogP contribution in [0.2, 0.25) is 0 Å². The van der Waals surface area contributed by atoms with E-state index in [9.17, 15) is 0 Å². The van der Waals surface area contributed by atoms with E-state index in [0.29, 0.717) is 18.3 Å². The van der Waals surface area contributed by atoms with Gasteiger partial charge in [0.25, 0.3) is 0 Å². The number of benzene rings is 1. The van der Waals surface area contributed by atoms with Gasteiger partial charge < -0.3 is 9.57 Å². The van der Waals surface area contributed by atoms with Crippen LogP contribution in [0, 0.1) is 0 Å². The largest absolute Gasteiger partial charge is 0.479 e. The first-order valence-corrected chi connectivity index (χ1v) is 4.22. The zero-order chi connectivity index (χ0) is 9.52. The molecule has 0 bridgehead atoms.